The predicted octanol–water partition coefficient (Wildman–Crippen LogP) is 1.43. The Bertz CT molecular complexity index is 623. The first kappa shape index (κ1) is 14.5. The van der Waals surface area contributed by atoms with E-state index in [9.17, 15) is 14.0 Å². The van der Waals surface area contributed by atoms with Crippen LogP contribution in [-0.4, -0.2) is 53.4 Å². The van der Waals surface area contributed by atoms with Crippen LogP contribution in [0, 0.1) is 11.7 Å². The highest BCUT2D eigenvalue weighted by Gasteiger charge is 2.44. The highest BCUT2D eigenvalue weighted by molar-refractivity contribution is 5.90. The molecule has 1 aromatic rings. The van der Waals surface area contributed by atoms with Crippen LogP contribution in [-0.2, 0) is 9.59 Å². The van der Waals surface area contributed by atoms with Gasteiger partial charge in [0.1, 0.15) is 17.7 Å². The van der Waals surface area contributed by atoms with E-state index in [0.29, 0.717) is 37.8 Å². The lowest BCUT2D eigenvalue weighted by atomic mass is 10.0. The van der Waals surface area contributed by atoms with Crippen molar-refractivity contribution in [1.29, 1.82) is 0 Å². The van der Waals surface area contributed by atoms with Crippen molar-refractivity contribution in [2.75, 3.05) is 19.6 Å². The number of halogens is 1. The molecule has 0 radical (unpaired) electrons. The van der Waals surface area contributed by atoms with Gasteiger partial charge in [-0.25, -0.2) is 4.39 Å². The summed E-state index contributed by atoms with van der Waals surface area (Å²) in [6, 6.07) is 6.26. The fourth-order valence-corrected chi connectivity index (χ4v) is 3.29. The van der Waals surface area contributed by atoms with Gasteiger partial charge in [0.15, 0.2) is 0 Å². The van der Waals surface area contributed by atoms with Crippen LogP contribution in [0.15, 0.2) is 24.3 Å². The summed E-state index contributed by atoms with van der Waals surface area (Å²) >= 11 is 0. The van der Waals surface area contributed by atoms with Gasteiger partial charge in [-0.15, -0.1) is 0 Å². The number of benzene rings is 1. The Balaban J connectivity index is 1.27. The highest BCUT2D eigenvalue weighted by atomic mass is 19.1. The lowest BCUT2D eigenvalue weighted by molar-refractivity contribution is -0.144. The normalized spacial score (nSPS) is 24.7. The van der Waals surface area contributed by atoms with Crippen LogP contribution in [0.5, 0.6) is 5.75 Å². The molecule has 3 fully saturated rings. The number of nitrogens with zero attached hydrogens (tertiary/aromatic N) is 2. The minimum Gasteiger partial charge on any atom is -0.487 e. The summed E-state index contributed by atoms with van der Waals surface area (Å²) in [6.45, 7) is 1.64. The molecule has 0 unspecified atom stereocenters. The van der Waals surface area contributed by atoms with E-state index < -0.39 is 0 Å². The highest BCUT2D eigenvalue weighted by Crippen LogP contribution is 2.33. The Kier molecular flexibility index (Phi) is 3.47. The van der Waals surface area contributed by atoms with E-state index in [1.807, 2.05) is 4.90 Å². The number of likely N-dealkylation sites (tertiary alicyclic amines) is 2. The molecular weight excluding hydrogens is 299 g/mol. The van der Waals surface area contributed by atoms with Crippen molar-refractivity contribution < 1.29 is 18.7 Å². The molecule has 0 aromatic heterocycles. The third-order valence-corrected chi connectivity index (χ3v) is 4.77. The lowest BCUT2D eigenvalue weighted by Crippen LogP contribution is -2.57. The predicted molar refractivity (Wildman–Crippen MR) is 80.2 cm³/mol. The molecule has 2 amide bonds. The van der Waals surface area contributed by atoms with Gasteiger partial charge in [0, 0.05) is 19.0 Å². The molecule has 6 heteroatoms. The second-order valence-corrected chi connectivity index (χ2v) is 6.62. The molecule has 2 heterocycles. The quantitative estimate of drug-likeness (QED) is 0.844. The van der Waals surface area contributed by atoms with Crippen molar-refractivity contribution in [3.63, 3.8) is 0 Å². The van der Waals surface area contributed by atoms with Crippen molar-refractivity contribution in [2.45, 2.75) is 31.4 Å². The molecule has 122 valence electrons. The van der Waals surface area contributed by atoms with Crippen molar-refractivity contribution in [2.24, 2.45) is 5.92 Å². The average Bonchev–Trinajstić information content (AvgIpc) is 3.26. The Morgan fingerprint density at radius 2 is 1.83 bits per heavy atom. The zero-order valence-electron chi connectivity index (χ0n) is 12.8. The summed E-state index contributed by atoms with van der Waals surface area (Å²) in [6.07, 6.45) is 2.43. The molecule has 1 aliphatic carbocycles. The van der Waals surface area contributed by atoms with Crippen molar-refractivity contribution in [3.8, 4) is 5.75 Å². The van der Waals surface area contributed by atoms with E-state index in [1.165, 1.54) is 12.1 Å². The minimum atomic E-state index is -0.297. The largest absolute Gasteiger partial charge is 0.487 e. The number of amides is 2. The molecule has 23 heavy (non-hydrogen) atoms. The van der Waals surface area contributed by atoms with Crippen LogP contribution in [0.25, 0.3) is 0 Å². The van der Waals surface area contributed by atoms with Gasteiger partial charge in [0.25, 0.3) is 0 Å². The Morgan fingerprint density at radius 3 is 2.48 bits per heavy atom. The van der Waals surface area contributed by atoms with Gasteiger partial charge >= 0.3 is 0 Å². The van der Waals surface area contributed by atoms with E-state index in [-0.39, 0.29) is 29.7 Å². The monoisotopic (exact) mass is 318 g/mol. The number of rotatable bonds is 4. The summed E-state index contributed by atoms with van der Waals surface area (Å²) in [5, 5.41) is 0. The fourth-order valence-electron chi connectivity index (χ4n) is 3.29. The van der Waals surface area contributed by atoms with E-state index in [0.717, 1.165) is 12.8 Å². The van der Waals surface area contributed by atoms with E-state index >= 15 is 0 Å². The number of carbonyl (C=O) groups excluding carboxylic acids is 2. The SMILES string of the molecule is O=C([C@@H]1CC(=O)N(C2CC2)C1)N1CC(Oc2ccc(F)cc2)C1. The van der Waals surface area contributed by atoms with Gasteiger partial charge in [-0.2, -0.15) is 0 Å². The van der Waals surface area contributed by atoms with Gasteiger partial charge in [-0.05, 0) is 37.1 Å². The molecule has 0 N–H and O–H groups in total. The van der Waals surface area contributed by atoms with E-state index in [4.69, 9.17) is 4.74 Å². The van der Waals surface area contributed by atoms with Gasteiger partial charge in [0.05, 0.1) is 19.0 Å². The zero-order valence-corrected chi connectivity index (χ0v) is 12.8. The molecule has 1 aromatic carbocycles. The molecule has 5 nitrogen and oxygen atoms in total. The molecule has 1 atom stereocenters. The summed E-state index contributed by atoms with van der Waals surface area (Å²) in [7, 11) is 0. The molecule has 2 saturated heterocycles. The Labute approximate surface area is 134 Å². The third-order valence-electron chi connectivity index (χ3n) is 4.77. The summed E-state index contributed by atoms with van der Waals surface area (Å²) < 4.78 is 18.5. The van der Waals surface area contributed by atoms with Crippen LogP contribution in [0.4, 0.5) is 4.39 Å². The molecule has 0 spiro atoms. The standard InChI is InChI=1S/C17H19FN2O3/c18-12-1-5-14(6-2-12)23-15-9-19(10-15)17(22)11-7-16(21)20(8-11)13-3-4-13/h1-2,5-6,11,13,15H,3-4,7-10H2/t11-/m1/s1. The van der Waals surface area contributed by atoms with Crippen LogP contribution in [0.3, 0.4) is 0 Å². The zero-order chi connectivity index (χ0) is 16.0. The molecule has 0 bridgehead atoms. The molecule has 2 aliphatic heterocycles. The number of hydrogen-bond donors (Lipinski definition) is 0. The topological polar surface area (TPSA) is 49.9 Å². The van der Waals surface area contributed by atoms with Gasteiger partial charge < -0.3 is 14.5 Å². The van der Waals surface area contributed by atoms with E-state index in [1.54, 1.807) is 17.0 Å². The smallest absolute Gasteiger partial charge is 0.228 e. The molecule has 1 saturated carbocycles. The maximum Gasteiger partial charge on any atom is 0.228 e. The maximum absolute atomic E-state index is 12.8. The number of ether oxygens (including phenoxy) is 1. The summed E-state index contributed by atoms with van der Waals surface area (Å²) in [5.41, 5.74) is 0. The average molecular weight is 318 g/mol. The van der Waals surface area contributed by atoms with Gasteiger partial charge in [0.2, 0.25) is 11.8 Å². The first-order chi connectivity index (χ1) is 11.1. The maximum atomic E-state index is 12.8. The third kappa shape index (κ3) is 2.90. The van der Waals surface area contributed by atoms with Gasteiger partial charge in [-0.3, -0.25) is 9.59 Å². The van der Waals surface area contributed by atoms with Crippen molar-refractivity contribution in [1.82, 2.24) is 9.80 Å². The lowest BCUT2D eigenvalue weighted by Gasteiger charge is -2.40. The second-order valence-electron chi connectivity index (χ2n) is 6.62. The Hall–Kier alpha value is -2.11. The van der Waals surface area contributed by atoms with Crippen LogP contribution in [0.2, 0.25) is 0 Å². The molecule has 4 rings (SSSR count). The summed E-state index contributed by atoms with van der Waals surface area (Å²) in [4.78, 5) is 28.0. The van der Waals surface area contributed by atoms with Crippen molar-refractivity contribution in [3.05, 3.63) is 30.1 Å². The van der Waals surface area contributed by atoms with Crippen LogP contribution < -0.4 is 4.74 Å². The summed E-state index contributed by atoms with van der Waals surface area (Å²) in [5.74, 6) is 0.286. The fraction of sp³-hybridized carbons (Fsp3) is 0.529. The second kappa shape index (κ2) is 5.51. The number of carbonyl (C=O) groups is 2. The van der Waals surface area contributed by atoms with Crippen LogP contribution >= 0.6 is 0 Å². The first-order valence-corrected chi connectivity index (χ1v) is 8.10. The van der Waals surface area contributed by atoms with Crippen molar-refractivity contribution >= 4 is 11.8 Å². The first-order valence-electron chi connectivity index (χ1n) is 8.10. The molecular formula is C17H19FN2O3. The molecule has 3 aliphatic rings. The Morgan fingerprint density at radius 1 is 1.13 bits per heavy atom. The number of hydrogen-bond acceptors (Lipinski definition) is 3. The van der Waals surface area contributed by atoms with Gasteiger partial charge in [-0.1, -0.05) is 0 Å². The minimum absolute atomic E-state index is 0.0546. The van der Waals surface area contributed by atoms with E-state index in [2.05, 4.69) is 0 Å². The van der Waals surface area contributed by atoms with Crippen LogP contribution in [0.1, 0.15) is 19.3 Å².